The quantitative estimate of drug-likeness (QED) is 0.827. The van der Waals surface area contributed by atoms with Gasteiger partial charge in [0.2, 0.25) is 5.91 Å². The second-order valence-corrected chi connectivity index (χ2v) is 5.51. The largest absolute Gasteiger partial charge is 0.391 e. The molecular formula is C16H24N2O2. The van der Waals surface area contributed by atoms with Crippen molar-refractivity contribution in [2.45, 2.75) is 38.3 Å². The number of aliphatic hydroxyl groups excluding tert-OH is 1. The number of nitrogens with zero attached hydrogens (tertiary/aromatic N) is 2. The van der Waals surface area contributed by atoms with Crippen molar-refractivity contribution in [2.75, 3.05) is 25.0 Å². The van der Waals surface area contributed by atoms with Crippen molar-refractivity contribution in [1.82, 2.24) is 4.90 Å². The van der Waals surface area contributed by atoms with Gasteiger partial charge in [-0.05, 0) is 31.4 Å². The summed E-state index contributed by atoms with van der Waals surface area (Å²) < 4.78 is 0. The fourth-order valence-corrected chi connectivity index (χ4v) is 2.22. The molecule has 1 fully saturated rings. The number of hydrogen-bond acceptors (Lipinski definition) is 3. The van der Waals surface area contributed by atoms with E-state index in [1.165, 1.54) is 0 Å². The smallest absolute Gasteiger partial charge is 0.242 e. The zero-order valence-corrected chi connectivity index (χ0v) is 12.3. The number of rotatable bonds is 7. The van der Waals surface area contributed by atoms with E-state index in [2.05, 4.69) is 0 Å². The van der Waals surface area contributed by atoms with E-state index in [0.717, 1.165) is 18.5 Å². The minimum absolute atomic E-state index is 0.125. The van der Waals surface area contributed by atoms with Gasteiger partial charge in [-0.15, -0.1) is 0 Å². The van der Waals surface area contributed by atoms with Crippen LogP contribution in [-0.2, 0) is 4.79 Å². The van der Waals surface area contributed by atoms with Crippen LogP contribution in [0.3, 0.4) is 0 Å². The van der Waals surface area contributed by atoms with Gasteiger partial charge in [0.15, 0.2) is 0 Å². The summed E-state index contributed by atoms with van der Waals surface area (Å²) in [7, 11) is 1.87. The van der Waals surface area contributed by atoms with Gasteiger partial charge in [-0.1, -0.05) is 25.1 Å². The van der Waals surface area contributed by atoms with Gasteiger partial charge in [-0.25, -0.2) is 0 Å². The van der Waals surface area contributed by atoms with Crippen LogP contribution in [0.4, 0.5) is 5.69 Å². The summed E-state index contributed by atoms with van der Waals surface area (Å²) >= 11 is 0. The van der Waals surface area contributed by atoms with Crippen molar-refractivity contribution in [3.63, 3.8) is 0 Å². The first kappa shape index (κ1) is 14.9. The molecule has 0 spiro atoms. The second-order valence-electron chi connectivity index (χ2n) is 5.51. The van der Waals surface area contributed by atoms with Crippen molar-refractivity contribution in [2.24, 2.45) is 0 Å². The van der Waals surface area contributed by atoms with E-state index in [1.807, 2.05) is 54.1 Å². The molecule has 1 amide bonds. The first-order valence-corrected chi connectivity index (χ1v) is 7.35. The average Bonchev–Trinajstić information content (AvgIpc) is 3.31. The molecule has 0 saturated heterocycles. The molecule has 1 atom stereocenters. The molecule has 2 rings (SSSR count). The maximum atomic E-state index is 12.3. The highest BCUT2D eigenvalue weighted by atomic mass is 16.3. The van der Waals surface area contributed by atoms with Crippen molar-refractivity contribution < 1.29 is 9.90 Å². The molecule has 110 valence electrons. The number of carbonyl (C=O) groups is 1. The fourth-order valence-electron chi connectivity index (χ4n) is 2.22. The summed E-state index contributed by atoms with van der Waals surface area (Å²) in [4.78, 5) is 16.1. The van der Waals surface area contributed by atoms with Gasteiger partial charge in [0, 0.05) is 25.3 Å². The number of hydrogen-bond donors (Lipinski definition) is 1. The molecule has 20 heavy (non-hydrogen) atoms. The van der Waals surface area contributed by atoms with E-state index in [4.69, 9.17) is 0 Å². The summed E-state index contributed by atoms with van der Waals surface area (Å²) in [5.41, 5.74) is 0.984. The Morgan fingerprint density at radius 2 is 2.00 bits per heavy atom. The minimum Gasteiger partial charge on any atom is -0.391 e. The van der Waals surface area contributed by atoms with Gasteiger partial charge in [0.1, 0.15) is 0 Å². The molecule has 0 heterocycles. The molecule has 1 aromatic rings. The Bertz CT molecular complexity index is 431. The van der Waals surface area contributed by atoms with E-state index in [1.54, 1.807) is 0 Å². The number of amides is 1. The van der Waals surface area contributed by atoms with Crippen LogP contribution in [0.2, 0.25) is 0 Å². The highest BCUT2D eigenvalue weighted by Gasteiger charge is 2.30. The van der Waals surface area contributed by atoms with Crippen molar-refractivity contribution in [1.29, 1.82) is 0 Å². The average molecular weight is 276 g/mol. The van der Waals surface area contributed by atoms with Gasteiger partial charge < -0.3 is 14.9 Å². The molecule has 1 aliphatic carbocycles. The van der Waals surface area contributed by atoms with Crippen LogP contribution >= 0.6 is 0 Å². The van der Waals surface area contributed by atoms with Crippen LogP contribution < -0.4 is 4.90 Å². The summed E-state index contributed by atoms with van der Waals surface area (Å²) in [5, 5.41) is 9.90. The Morgan fingerprint density at radius 1 is 1.35 bits per heavy atom. The van der Waals surface area contributed by atoms with Crippen molar-refractivity contribution in [3.05, 3.63) is 30.3 Å². The molecule has 1 aliphatic rings. The normalized spacial score (nSPS) is 15.8. The van der Waals surface area contributed by atoms with Crippen LogP contribution in [0, 0.1) is 0 Å². The van der Waals surface area contributed by atoms with E-state index in [-0.39, 0.29) is 5.91 Å². The topological polar surface area (TPSA) is 43.8 Å². The van der Waals surface area contributed by atoms with E-state index < -0.39 is 6.10 Å². The fraction of sp³-hybridized carbons (Fsp3) is 0.562. The number of carbonyl (C=O) groups excluding carboxylic acids is 1. The van der Waals surface area contributed by atoms with Crippen molar-refractivity contribution >= 4 is 11.6 Å². The third kappa shape index (κ3) is 3.97. The lowest BCUT2D eigenvalue weighted by atomic mass is 10.2. The third-order valence-corrected chi connectivity index (χ3v) is 3.84. The Kier molecular flexibility index (Phi) is 5.01. The van der Waals surface area contributed by atoms with Crippen LogP contribution in [0.25, 0.3) is 0 Å². The van der Waals surface area contributed by atoms with Crippen LogP contribution in [0.5, 0.6) is 0 Å². The third-order valence-electron chi connectivity index (χ3n) is 3.84. The van der Waals surface area contributed by atoms with Crippen LogP contribution in [0.1, 0.15) is 26.2 Å². The molecule has 1 aromatic carbocycles. The standard InChI is InChI=1S/C16H24N2O2/c1-3-15(19)11-18(14-7-5-4-6-8-14)12-16(20)17(2)13-9-10-13/h4-8,13,15,19H,3,9-12H2,1-2H3. The number of benzene rings is 1. The number of aliphatic hydroxyl groups is 1. The maximum Gasteiger partial charge on any atom is 0.242 e. The SMILES string of the molecule is CCC(O)CN(CC(=O)N(C)C1CC1)c1ccccc1. The molecular weight excluding hydrogens is 252 g/mol. The van der Waals surface area contributed by atoms with Gasteiger partial charge in [0.25, 0.3) is 0 Å². The Balaban J connectivity index is 2.03. The molecule has 0 radical (unpaired) electrons. The molecule has 4 heteroatoms. The Hall–Kier alpha value is -1.55. The summed E-state index contributed by atoms with van der Waals surface area (Å²) in [6, 6.07) is 10.2. The van der Waals surface area contributed by atoms with E-state index in [9.17, 15) is 9.90 Å². The number of likely N-dealkylation sites (N-methyl/N-ethyl adjacent to an activating group) is 1. The second kappa shape index (κ2) is 6.75. The number of para-hydroxylation sites is 1. The molecule has 0 aliphatic heterocycles. The van der Waals surface area contributed by atoms with Gasteiger partial charge in [-0.3, -0.25) is 4.79 Å². The molecule has 0 aromatic heterocycles. The first-order chi connectivity index (χ1) is 9.61. The van der Waals surface area contributed by atoms with E-state index in [0.29, 0.717) is 25.6 Å². The molecule has 1 saturated carbocycles. The summed E-state index contributed by atoms with van der Waals surface area (Å²) in [6.07, 6.45) is 2.51. The van der Waals surface area contributed by atoms with Crippen LogP contribution in [-0.4, -0.2) is 48.2 Å². The highest BCUT2D eigenvalue weighted by molar-refractivity contribution is 5.81. The Labute approximate surface area is 121 Å². The van der Waals surface area contributed by atoms with Crippen LogP contribution in [0.15, 0.2) is 30.3 Å². The maximum absolute atomic E-state index is 12.3. The lowest BCUT2D eigenvalue weighted by Crippen LogP contribution is -2.42. The van der Waals surface area contributed by atoms with Crippen molar-refractivity contribution in [3.8, 4) is 0 Å². The van der Waals surface area contributed by atoms with Gasteiger partial charge in [-0.2, -0.15) is 0 Å². The van der Waals surface area contributed by atoms with E-state index >= 15 is 0 Å². The minimum atomic E-state index is -0.408. The first-order valence-electron chi connectivity index (χ1n) is 7.35. The molecule has 4 nitrogen and oxygen atoms in total. The summed E-state index contributed by atoms with van der Waals surface area (Å²) in [6.45, 7) is 2.77. The predicted octanol–water partition coefficient (Wildman–Crippen LogP) is 1.88. The summed E-state index contributed by atoms with van der Waals surface area (Å²) in [5.74, 6) is 0.125. The lowest BCUT2D eigenvalue weighted by Gasteiger charge is -2.28. The molecule has 0 bridgehead atoms. The molecule has 1 N–H and O–H groups in total. The predicted molar refractivity (Wildman–Crippen MR) is 80.7 cm³/mol. The zero-order chi connectivity index (χ0) is 14.5. The molecule has 1 unspecified atom stereocenters. The van der Waals surface area contributed by atoms with Gasteiger partial charge >= 0.3 is 0 Å². The van der Waals surface area contributed by atoms with Gasteiger partial charge in [0.05, 0.1) is 12.6 Å². The highest BCUT2D eigenvalue weighted by Crippen LogP contribution is 2.25. The monoisotopic (exact) mass is 276 g/mol. The number of anilines is 1. The lowest BCUT2D eigenvalue weighted by molar-refractivity contribution is -0.128. The zero-order valence-electron chi connectivity index (χ0n) is 12.3. The Morgan fingerprint density at radius 3 is 2.55 bits per heavy atom.